The van der Waals surface area contributed by atoms with Crippen LogP contribution < -0.4 is 5.32 Å². The molecule has 1 aromatic carbocycles. The molecule has 1 aliphatic rings. The van der Waals surface area contributed by atoms with E-state index < -0.39 is 10.0 Å². The number of rotatable bonds is 8. The fraction of sp³-hybridized carbons (Fsp3) is 0.476. The van der Waals surface area contributed by atoms with Gasteiger partial charge in [0, 0.05) is 38.6 Å². The van der Waals surface area contributed by atoms with Crippen LogP contribution in [0.2, 0.25) is 0 Å². The lowest BCUT2D eigenvalue weighted by atomic mass is 10.2. The third kappa shape index (κ3) is 4.88. The summed E-state index contributed by atoms with van der Waals surface area (Å²) in [6.07, 6.45) is 3.27. The lowest BCUT2D eigenvalue weighted by Crippen LogP contribution is -2.27. The summed E-state index contributed by atoms with van der Waals surface area (Å²) in [7, 11) is -1.86. The fourth-order valence-electron chi connectivity index (χ4n) is 3.63. The summed E-state index contributed by atoms with van der Waals surface area (Å²) < 4.78 is 28.6. The van der Waals surface area contributed by atoms with Gasteiger partial charge in [0.05, 0.1) is 0 Å². The highest BCUT2D eigenvalue weighted by atomic mass is 32.2. The van der Waals surface area contributed by atoms with Crippen LogP contribution in [0.15, 0.2) is 41.4 Å². The van der Waals surface area contributed by atoms with Crippen molar-refractivity contribution in [3.05, 3.63) is 47.8 Å². The van der Waals surface area contributed by atoms with Crippen molar-refractivity contribution in [2.45, 2.75) is 38.1 Å². The van der Waals surface area contributed by atoms with Gasteiger partial charge in [0.25, 0.3) is 5.91 Å². The van der Waals surface area contributed by atoms with Crippen molar-refractivity contribution >= 4 is 21.6 Å². The highest BCUT2D eigenvalue weighted by Crippen LogP contribution is 2.23. The Kier molecular flexibility index (Phi) is 6.77. The summed E-state index contributed by atoms with van der Waals surface area (Å²) in [5.74, 6) is -0.324. The quantitative estimate of drug-likeness (QED) is 0.715. The van der Waals surface area contributed by atoms with Crippen molar-refractivity contribution in [1.29, 1.82) is 0 Å². The number of aryl methyl sites for hydroxylation is 1. The molecule has 1 amide bonds. The molecule has 158 valence electrons. The molecule has 0 saturated carbocycles. The van der Waals surface area contributed by atoms with Crippen LogP contribution in [0.4, 0.5) is 5.69 Å². The Morgan fingerprint density at radius 2 is 1.83 bits per heavy atom. The number of aromatic nitrogens is 1. The lowest BCUT2D eigenvalue weighted by molar-refractivity contribution is 0.101. The SMILES string of the molecule is CCN(CC)Cc1cccc(NC(=O)c2cc(S(=O)(=O)N3CCCC3)cn2C)c1. The highest BCUT2D eigenvalue weighted by Gasteiger charge is 2.29. The summed E-state index contributed by atoms with van der Waals surface area (Å²) in [5.41, 5.74) is 2.14. The number of hydrogen-bond donors (Lipinski definition) is 1. The number of hydrogen-bond acceptors (Lipinski definition) is 4. The van der Waals surface area contributed by atoms with E-state index >= 15 is 0 Å². The first kappa shape index (κ1) is 21.5. The van der Waals surface area contributed by atoms with E-state index in [1.807, 2.05) is 24.3 Å². The first-order valence-electron chi connectivity index (χ1n) is 10.1. The standard InChI is InChI=1S/C21H30N4O3S/c1-4-24(5-2)15-17-9-8-10-18(13-17)22-21(26)20-14-19(16-23(20)3)29(27,28)25-11-6-7-12-25/h8-10,13-14,16H,4-7,11-12,15H2,1-3H3,(H,22,26). The van der Waals surface area contributed by atoms with Crippen molar-refractivity contribution in [2.75, 3.05) is 31.5 Å². The largest absolute Gasteiger partial charge is 0.345 e. The first-order chi connectivity index (χ1) is 13.8. The molecule has 0 spiro atoms. The number of amides is 1. The van der Waals surface area contributed by atoms with Gasteiger partial charge in [0.1, 0.15) is 10.6 Å². The van der Waals surface area contributed by atoms with Crippen LogP contribution >= 0.6 is 0 Å². The minimum absolute atomic E-state index is 0.169. The summed E-state index contributed by atoms with van der Waals surface area (Å²) in [6.45, 7) is 8.07. The van der Waals surface area contributed by atoms with Crippen molar-refractivity contribution in [3.63, 3.8) is 0 Å². The number of benzene rings is 1. The van der Waals surface area contributed by atoms with E-state index in [1.165, 1.54) is 16.6 Å². The van der Waals surface area contributed by atoms with Gasteiger partial charge in [-0.1, -0.05) is 26.0 Å². The molecule has 1 aliphatic heterocycles. The molecular formula is C21H30N4O3S. The lowest BCUT2D eigenvalue weighted by Gasteiger charge is -2.18. The molecule has 0 atom stereocenters. The van der Waals surface area contributed by atoms with E-state index in [0.29, 0.717) is 24.5 Å². The topological polar surface area (TPSA) is 74.7 Å². The van der Waals surface area contributed by atoms with Crippen LogP contribution in [-0.4, -0.2) is 54.3 Å². The van der Waals surface area contributed by atoms with Gasteiger partial charge in [-0.25, -0.2) is 8.42 Å². The van der Waals surface area contributed by atoms with E-state index in [4.69, 9.17) is 0 Å². The molecule has 0 unspecified atom stereocenters. The maximum atomic E-state index is 12.8. The molecule has 1 fully saturated rings. The molecule has 0 aliphatic carbocycles. The number of carbonyl (C=O) groups excluding carboxylic acids is 1. The van der Waals surface area contributed by atoms with Gasteiger partial charge in [-0.2, -0.15) is 4.31 Å². The zero-order chi connectivity index (χ0) is 21.0. The Bertz CT molecular complexity index is 958. The monoisotopic (exact) mass is 418 g/mol. The van der Waals surface area contributed by atoms with Crippen LogP contribution in [0.3, 0.4) is 0 Å². The predicted octanol–water partition coefficient (Wildman–Crippen LogP) is 2.90. The Morgan fingerprint density at radius 1 is 1.14 bits per heavy atom. The van der Waals surface area contributed by atoms with Gasteiger partial charge in [0.15, 0.2) is 0 Å². The van der Waals surface area contributed by atoms with Gasteiger partial charge in [-0.05, 0) is 49.7 Å². The maximum Gasteiger partial charge on any atom is 0.272 e. The van der Waals surface area contributed by atoms with Crippen molar-refractivity contribution in [1.82, 2.24) is 13.8 Å². The van der Waals surface area contributed by atoms with E-state index in [0.717, 1.165) is 38.0 Å². The van der Waals surface area contributed by atoms with E-state index in [-0.39, 0.29) is 10.8 Å². The molecule has 1 aromatic heterocycles. The number of nitrogens with zero attached hydrogens (tertiary/aromatic N) is 3. The fourth-order valence-corrected chi connectivity index (χ4v) is 5.22. The number of carbonyl (C=O) groups is 1. The molecule has 8 heteroatoms. The average Bonchev–Trinajstić information content (AvgIpc) is 3.37. The van der Waals surface area contributed by atoms with Gasteiger partial charge < -0.3 is 9.88 Å². The van der Waals surface area contributed by atoms with E-state index in [2.05, 4.69) is 24.1 Å². The molecule has 1 N–H and O–H groups in total. The third-order valence-electron chi connectivity index (χ3n) is 5.40. The molecule has 1 saturated heterocycles. The second-order valence-electron chi connectivity index (χ2n) is 7.40. The van der Waals surface area contributed by atoms with Crippen LogP contribution in [-0.2, 0) is 23.6 Å². The van der Waals surface area contributed by atoms with E-state index in [9.17, 15) is 13.2 Å². The number of nitrogens with one attached hydrogen (secondary N) is 1. The smallest absolute Gasteiger partial charge is 0.272 e. The van der Waals surface area contributed by atoms with Crippen molar-refractivity contribution in [2.24, 2.45) is 7.05 Å². The molecule has 2 aromatic rings. The molecule has 0 radical (unpaired) electrons. The van der Waals surface area contributed by atoms with Crippen LogP contribution in [0.25, 0.3) is 0 Å². The molecular weight excluding hydrogens is 388 g/mol. The molecule has 3 rings (SSSR count). The summed E-state index contributed by atoms with van der Waals surface area (Å²) in [6, 6.07) is 9.22. The van der Waals surface area contributed by atoms with Crippen LogP contribution in [0.5, 0.6) is 0 Å². The molecule has 29 heavy (non-hydrogen) atoms. The van der Waals surface area contributed by atoms with Crippen molar-refractivity contribution in [3.8, 4) is 0 Å². The predicted molar refractivity (Wildman–Crippen MR) is 114 cm³/mol. The Hall–Kier alpha value is -2.16. The van der Waals surface area contributed by atoms with Crippen molar-refractivity contribution < 1.29 is 13.2 Å². The Balaban J connectivity index is 1.75. The van der Waals surface area contributed by atoms with Gasteiger partial charge in [0.2, 0.25) is 10.0 Å². The normalized spacial score (nSPS) is 15.2. The second-order valence-corrected chi connectivity index (χ2v) is 9.34. The number of sulfonamides is 1. The summed E-state index contributed by atoms with van der Waals surface area (Å²) in [4.78, 5) is 15.3. The summed E-state index contributed by atoms with van der Waals surface area (Å²) in [5, 5.41) is 2.90. The van der Waals surface area contributed by atoms with Gasteiger partial charge in [-0.3, -0.25) is 9.69 Å². The molecule has 2 heterocycles. The average molecular weight is 419 g/mol. The highest BCUT2D eigenvalue weighted by molar-refractivity contribution is 7.89. The molecule has 7 nitrogen and oxygen atoms in total. The molecule has 0 bridgehead atoms. The number of anilines is 1. The van der Waals surface area contributed by atoms with Gasteiger partial charge in [-0.15, -0.1) is 0 Å². The Morgan fingerprint density at radius 3 is 2.48 bits per heavy atom. The zero-order valence-electron chi connectivity index (χ0n) is 17.4. The minimum Gasteiger partial charge on any atom is -0.345 e. The summed E-state index contributed by atoms with van der Waals surface area (Å²) >= 11 is 0. The minimum atomic E-state index is -3.55. The Labute approximate surface area is 173 Å². The van der Waals surface area contributed by atoms with Crippen LogP contribution in [0.1, 0.15) is 42.7 Å². The van der Waals surface area contributed by atoms with E-state index in [1.54, 1.807) is 11.6 Å². The van der Waals surface area contributed by atoms with Crippen LogP contribution in [0, 0.1) is 0 Å². The van der Waals surface area contributed by atoms with Gasteiger partial charge >= 0.3 is 0 Å². The second kappa shape index (κ2) is 9.11. The zero-order valence-corrected chi connectivity index (χ0v) is 18.2. The first-order valence-corrected chi connectivity index (χ1v) is 11.6. The maximum absolute atomic E-state index is 12.8. The third-order valence-corrected chi connectivity index (χ3v) is 7.26.